The first-order valence-electron chi connectivity index (χ1n) is 9.82. The minimum atomic E-state index is -0.100. The van der Waals surface area contributed by atoms with Crippen molar-refractivity contribution in [2.75, 3.05) is 5.32 Å². The molecule has 4 aliphatic rings. The molecule has 2 amide bonds. The maximum atomic E-state index is 12.6. The van der Waals surface area contributed by atoms with E-state index in [9.17, 15) is 4.79 Å². The van der Waals surface area contributed by atoms with Crippen LogP contribution in [0.25, 0.3) is 0 Å². The van der Waals surface area contributed by atoms with Gasteiger partial charge in [-0.05, 0) is 61.8 Å². The van der Waals surface area contributed by atoms with Gasteiger partial charge in [-0.2, -0.15) is 5.10 Å². The summed E-state index contributed by atoms with van der Waals surface area (Å²) in [6.07, 6.45) is 9.54. The average Bonchev–Trinajstić information content (AvgIpc) is 3.00. The van der Waals surface area contributed by atoms with Gasteiger partial charge in [0.05, 0.1) is 6.54 Å². The molecule has 2 N–H and O–H groups in total. The summed E-state index contributed by atoms with van der Waals surface area (Å²) >= 11 is 0. The first-order chi connectivity index (χ1) is 12.7. The van der Waals surface area contributed by atoms with E-state index in [4.69, 9.17) is 0 Å². The lowest BCUT2D eigenvalue weighted by atomic mass is 9.53. The number of aromatic nitrogens is 2. The van der Waals surface area contributed by atoms with Crippen molar-refractivity contribution in [3.8, 4) is 0 Å². The fourth-order valence-corrected chi connectivity index (χ4v) is 5.94. The zero-order valence-electron chi connectivity index (χ0n) is 15.0. The molecule has 6 rings (SSSR count). The maximum absolute atomic E-state index is 12.6. The number of hydrogen-bond donors (Lipinski definition) is 2. The van der Waals surface area contributed by atoms with E-state index in [1.165, 1.54) is 24.8 Å². The van der Waals surface area contributed by atoms with Crippen LogP contribution in [-0.4, -0.2) is 21.4 Å². The van der Waals surface area contributed by atoms with Crippen molar-refractivity contribution >= 4 is 11.8 Å². The van der Waals surface area contributed by atoms with Gasteiger partial charge < -0.3 is 5.32 Å². The van der Waals surface area contributed by atoms with Crippen LogP contribution in [0, 0.1) is 17.8 Å². The molecule has 5 nitrogen and oxygen atoms in total. The number of nitrogens with one attached hydrogen (secondary N) is 2. The van der Waals surface area contributed by atoms with Crippen molar-refractivity contribution in [2.45, 2.75) is 50.6 Å². The Kier molecular flexibility index (Phi) is 3.76. The molecule has 4 bridgehead atoms. The van der Waals surface area contributed by atoms with Gasteiger partial charge in [0.1, 0.15) is 0 Å². The normalized spacial score (nSPS) is 31.8. The molecule has 1 aromatic heterocycles. The Balaban J connectivity index is 1.21. The molecule has 0 spiro atoms. The number of benzene rings is 1. The predicted molar refractivity (Wildman–Crippen MR) is 101 cm³/mol. The van der Waals surface area contributed by atoms with E-state index < -0.39 is 0 Å². The highest BCUT2D eigenvalue weighted by Gasteiger charge is 2.51. The number of carbonyl (C=O) groups excluding carboxylic acids is 1. The van der Waals surface area contributed by atoms with Gasteiger partial charge in [-0.3, -0.25) is 10.00 Å². The number of carbonyl (C=O) groups is 1. The average molecular weight is 350 g/mol. The highest BCUT2D eigenvalue weighted by Crippen LogP contribution is 2.55. The molecule has 2 aromatic rings. The quantitative estimate of drug-likeness (QED) is 0.875. The largest absolute Gasteiger partial charge is 0.332 e. The molecule has 4 aliphatic carbocycles. The Morgan fingerprint density at radius 1 is 1.04 bits per heavy atom. The summed E-state index contributed by atoms with van der Waals surface area (Å²) in [7, 11) is 0. The second-order valence-corrected chi connectivity index (χ2v) is 8.66. The van der Waals surface area contributed by atoms with Crippen molar-refractivity contribution in [1.82, 2.24) is 15.1 Å². The third-order valence-corrected chi connectivity index (χ3v) is 6.49. The van der Waals surface area contributed by atoms with Gasteiger partial charge in [-0.15, -0.1) is 0 Å². The van der Waals surface area contributed by atoms with Gasteiger partial charge in [-0.1, -0.05) is 30.3 Å². The van der Waals surface area contributed by atoms with Crippen molar-refractivity contribution in [3.63, 3.8) is 0 Å². The number of anilines is 1. The van der Waals surface area contributed by atoms with Gasteiger partial charge in [-0.25, -0.2) is 4.79 Å². The third kappa shape index (κ3) is 3.11. The van der Waals surface area contributed by atoms with Crippen LogP contribution in [0.5, 0.6) is 0 Å². The highest BCUT2D eigenvalue weighted by atomic mass is 16.2. The van der Waals surface area contributed by atoms with E-state index in [1.54, 1.807) is 0 Å². The van der Waals surface area contributed by atoms with E-state index in [-0.39, 0.29) is 11.6 Å². The molecule has 4 fully saturated rings. The Morgan fingerprint density at radius 2 is 1.69 bits per heavy atom. The van der Waals surface area contributed by atoms with Crippen molar-refractivity contribution in [2.24, 2.45) is 17.8 Å². The second-order valence-electron chi connectivity index (χ2n) is 8.66. The van der Waals surface area contributed by atoms with Crippen molar-refractivity contribution in [3.05, 3.63) is 48.2 Å². The van der Waals surface area contributed by atoms with Crippen LogP contribution in [0.4, 0.5) is 10.6 Å². The Morgan fingerprint density at radius 3 is 2.35 bits per heavy atom. The molecular weight excluding hydrogens is 324 g/mol. The monoisotopic (exact) mass is 350 g/mol. The number of nitrogens with zero attached hydrogens (tertiary/aromatic N) is 2. The molecule has 0 radical (unpaired) electrons. The van der Waals surface area contributed by atoms with Crippen LogP contribution >= 0.6 is 0 Å². The Bertz CT molecular complexity index is 762. The van der Waals surface area contributed by atoms with Gasteiger partial charge in [0.15, 0.2) is 5.82 Å². The van der Waals surface area contributed by atoms with E-state index in [2.05, 4.69) is 27.9 Å². The predicted octanol–water partition coefficient (Wildman–Crippen LogP) is 4.02. The topological polar surface area (TPSA) is 59.0 Å². The molecule has 1 heterocycles. The first kappa shape index (κ1) is 15.9. The molecule has 136 valence electrons. The molecule has 0 atom stereocenters. The van der Waals surface area contributed by atoms with Crippen LogP contribution in [0.1, 0.15) is 44.1 Å². The number of urea groups is 1. The van der Waals surface area contributed by atoms with E-state index in [0.717, 1.165) is 37.0 Å². The summed E-state index contributed by atoms with van der Waals surface area (Å²) < 4.78 is 1.86. The van der Waals surface area contributed by atoms with Crippen LogP contribution in [0.2, 0.25) is 0 Å². The van der Waals surface area contributed by atoms with Crippen LogP contribution in [0.15, 0.2) is 42.6 Å². The highest BCUT2D eigenvalue weighted by molar-refractivity contribution is 5.88. The van der Waals surface area contributed by atoms with E-state index in [0.29, 0.717) is 12.4 Å². The molecule has 1 aromatic carbocycles. The summed E-state index contributed by atoms with van der Waals surface area (Å²) in [5, 5.41) is 10.8. The molecular formula is C21H26N4O. The molecule has 0 saturated heterocycles. The third-order valence-electron chi connectivity index (χ3n) is 6.49. The zero-order valence-corrected chi connectivity index (χ0v) is 15.0. The Labute approximate surface area is 154 Å². The van der Waals surface area contributed by atoms with Crippen LogP contribution in [-0.2, 0) is 6.54 Å². The lowest BCUT2D eigenvalue weighted by molar-refractivity contribution is -0.0127. The Hall–Kier alpha value is -2.30. The summed E-state index contributed by atoms with van der Waals surface area (Å²) in [6.45, 7) is 0.707. The standard InChI is InChI=1S/C21H26N4O/c26-20(23-21-11-16-8-17(12-21)10-18(9-16)13-21)22-19-6-7-25(24-19)14-15-4-2-1-3-5-15/h1-7,16-18H,8-14H2,(H2,22,23,24,26). The van der Waals surface area contributed by atoms with Crippen molar-refractivity contribution < 1.29 is 4.79 Å². The lowest BCUT2D eigenvalue weighted by Crippen LogP contribution is -2.60. The molecule has 5 heteroatoms. The number of amides is 2. The van der Waals surface area contributed by atoms with Crippen molar-refractivity contribution in [1.29, 1.82) is 0 Å². The summed E-state index contributed by atoms with van der Waals surface area (Å²) in [5.41, 5.74) is 1.23. The van der Waals surface area contributed by atoms with Gasteiger partial charge >= 0.3 is 6.03 Å². The summed E-state index contributed by atoms with van der Waals surface area (Å²) in [4.78, 5) is 12.6. The fourth-order valence-electron chi connectivity index (χ4n) is 5.94. The minimum absolute atomic E-state index is 0.0332. The molecule has 4 saturated carbocycles. The molecule has 0 unspecified atom stereocenters. The lowest BCUT2D eigenvalue weighted by Gasteiger charge is -2.56. The summed E-state index contributed by atoms with van der Waals surface area (Å²) in [6, 6.07) is 12.0. The molecule has 0 aliphatic heterocycles. The van der Waals surface area contributed by atoms with E-state index in [1.807, 2.05) is 35.1 Å². The SMILES string of the molecule is O=C(Nc1ccn(Cc2ccccc2)n1)NC12CC3CC(CC(C3)C1)C2. The number of hydrogen-bond acceptors (Lipinski definition) is 2. The van der Waals surface area contributed by atoms with Crippen LogP contribution < -0.4 is 10.6 Å². The first-order valence-corrected chi connectivity index (χ1v) is 9.82. The van der Waals surface area contributed by atoms with Crippen LogP contribution in [0.3, 0.4) is 0 Å². The zero-order chi connectivity index (χ0) is 17.6. The van der Waals surface area contributed by atoms with Gasteiger partial charge in [0.25, 0.3) is 0 Å². The smallest absolute Gasteiger partial charge is 0.320 e. The number of rotatable bonds is 4. The fraction of sp³-hybridized carbons (Fsp3) is 0.524. The maximum Gasteiger partial charge on any atom is 0.320 e. The van der Waals surface area contributed by atoms with Gasteiger partial charge in [0, 0.05) is 17.8 Å². The summed E-state index contributed by atoms with van der Waals surface area (Å²) in [5.74, 6) is 3.09. The second kappa shape index (κ2) is 6.15. The molecule has 26 heavy (non-hydrogen) atoms. The van der Waals surface area contributed by atoms with Gasteiger partial charge in [0.2, 0.25) is 0 Å². The van der Waals surface area contributed by atoms with E-state index >= 15 is 0 Å². The minimum Gasteiger partial charge on any atom is -0.332 e.